The van der Waals surface area contributed by atoms with E-state index >= 15 is 0 Å². The standard InChI is InChI=1S/C25H18N6O2S/c1-13(32)21-6-7-22(34-21)16-4-3-5-18-23(16)29-25(28-18)24-17-9-19(27-12-20(17)30-31-24)14-8-15(33-2)11-26-10-14/h3-12H,1-2H3,(H,28,29)(H,30,31). The van der Waals surface area contributed by atoms with Crippen molar-refractivity contribution in [3.8, 4) is 39.0 Å². The van der Waals surface area contributed by atoms with Crippen LogP contribution >= 0.6 is 11.3 Å². The van der Waals surface area contributed by atoms with Gasteiger partial charge in [0.2, 0.25) is 0 Å². The summed E-state index contributed by atoms with van der Waals surface area (Å²) < 4.78 is 5.30. The smallest absolute Gasteiger partial charge is 0.169 e. The number of pyridine rings is 2. The second-order valence-corrected chi connectivity index (χ2v) is 8.89. The highest BCUT2D eigenvalue weighted by Crippen LogP contribution is 2.35. The summed E-state index contributed by atoms with van der Waals surface area (Å²) in [4.78, 5) is 30.6. The Hall–Kier alpha value is -4.37. The van der Waals surface area contributed by atoms with Crippen LogP contribution in [-0.4, -0.2) is 43.0 Å². The van der Waals surface area contributed by atoms with Crippen LogP contribution in [-0.2, 0) is 0 Å². The third-order valence-electron chi connectivity index (χ3n) is 5.65. The number of fused-ring (bicyclic) bond motifs is 2. The van der Waals surface area contributed by atoms with Gasteiger partial charge in [0.05, 0.1) is 46.6 Å². The molecule has 0 bridgehead atoms. The summed E-state index contributed by atoms with van der Waals surface area (Å²) in [6.45, 7) is 1.58. The van der Waals surface area contributed by atoms with E-state index in [0.717, 1.165) is 48.5 Å². The van der Waals surface area contributed by atoms with Gasteiger partial charge in [-0.15, -0.1) is 11.3 Å². The zero-order chi connectivity index (χ0) is 23.2. The van der Waals surface area contributed by atoms with Crippen molar-refractivity contribution >= 4 is 39.1 Å². The Bertz CT molecular complexity index is 1700. The van der Waals surface area contributed by atoms with Gasteiger partial charge in [0, 0.05) is 27.6 Å². The van der Waals surface area contributed by atoms with E-state index in [1.165, 1.54) is 11.3 Å². The summed E-state index contributed by atoms with van der Waals surface area (Å²) in [7, 11) is 1.61. The predicted molar refractivity (Wildman–Crippen MR) is 132 cm³/mol. The number of nitrogens with one attached hydrogen (secondary N) is 2. The monoisotopic (exact) mass is 466 g/mol. The molecule has 5 aromatic heterocycles. The van der Waals surface area contributed by atoms with Crippen molar-refractivity contribution in [2.45, 2.75) is 6.92 Å². The third kappa shape index (κ3) is 3.34. The molecule has 0 amide bonds. The predicted octanol–water partition coefficient (Wildman–Crippen LogP) is 5.50. The summed E-state index contributed by atoms with van der Waals surface area (Å²) in [6, 6.07) is 13.7. The molecule has 0 saturated heterocycles. The molecule has 1 aromatic carbocycles. The number of aromatic nitrogens is 6. The highest BCUT2D eigenvalue weighted by Gasteiger charge is 2.17. The second-order valence-electron chi connectivity index (χ2n) is 7.81. The number of rotatable bonds is 5. The van der Waals surface area contributed by atoms with Gasteiger partial charge in [0.15, 0.2) is 11.6 Å². The van der Waals surface area contributed by atoms with Crippen LogP contribution in [0.3, 0.4) is 0 Å². The van der Waals surface area contributed by atoms with Gasteiger partial charge in [0.1, 0.15) is 11.4 Å². The summed E-state index contributed by atoms with van der Waals surface area (Å²) in [5.74, 6) is 1.38. The average molecular weight is 467 g/mol. The second kappa shape index (κ2) is 7.89. The number of ketones is 1. The Kier molecular flexibility index (Phi) is 4.70. The van der Waals surface area contributed by atoms with Crippen molar-refractivity contribution in [3.05, 3.63) is 65.9 Å². The van der Waals surface area contributed by atoms with Gasteiger partial charge in [-0.1, -0.05) is 12.1 Å². The number of aromatic amines is 2. The van der Waals surface area contributed by atoms with Crippen molar-refractivity contribution in [1.82, 2.24) is 30.1 Å². The van der Waals surface area contributed by atoms with E-state index in [0.29, 0.717) is 17.3 Å². The number of H-pyrrole nitrogens is 2. The molecule has 0 fully saturated rings. The summed E-state index contributed by atoms with van der Waals surface area (Å²) >= 11 is 1.47. The minimum Gasteiger partial charge on any atom is -0.495 e. The SMILES string of the molecule is COc1cncc(-c2cc3c(-c4nc5c(-c6ccc(C(C)=O)s6)cccc5[nH]4)n[nH]c3cn2)c1. The fourth-order valence-electron chi connectivity index (χ4n) is 3.94. The maximum Gasteiger partial charge on any atom is 0.169 e. The summed E-state index contributed by atoms with van der Waals surface area (Å²) in [5, 5.41) is 8.46. The van der Waals surface area contributed by atoms with Crippen molar-refractivity contribution in [2.75, 3.05) is 7.11 Å². The number of hydrogen-bond acceptors (Lipinski definition) is 7. The number of benzene rings is 1. The fraction of sp³-hybridized carbons (Fsp3) is 0.0800. The molecule has 8 nitrogen and oxygen atoms in total. The number of ether oxygens (including phenoxy) is 1. The Morgan fingerprint density at radius 1 is 1.06 bits per heavy atom. The molecule has 0 aliphatic carbocycles. The minimum absolute atomic E-state index is 0.0600. The van der Waals surface area contributed by atoms with Crippen LogP contribution < -0.4 is 4.74 Å². The Balaban J connectivity index is 1.47. The molecular weight excluding hydrogens is 448 g/mol. The van der Waals surface area contributed by atoms with E-state index in [1.54, 1.807) is 32.6 Å². The molecule has 6 aromatic rings. The minimum atomic E-state index is 0.0600. The molecule has 0 saturated carbocycles. The highest BCUT2D eigenvalue weighted by molar-refractivity contribution is 7.17. The number of methoxy groups -OCH3 is 1. The van der Waals surface area contributed by atoms with Gasteiger partial charge >= 0.3 is 0 Å². The third-order valence-corrected chi connectivity index (χ3v) is 6.87. The first-order valence-corrected chi connectivity index (χ1v) is 11.4. The van der Waals surface area contributed by atoms with Gasteiger partial charge in [-0.05, 0) is 37.3 Å². The first kappa shape index (κ1) is 20.3. The van der Waals surface area contributed by atoms with Crippen LogP contribution in [0.5, 0.6) is 5.75 Å². The Morgan fingerprint density at radius 3 is 2.79 bits per heavy atom. The fourth-order valence-corrected chi connectivity index (χ4v) is 4.87. The Morgan fingerprint density at radius 2 is 1.97 bits per heavy atom. The maximum absolute atomic E-state index is 11.8. The van der Waals surface area contributed by atoms with Crippen molar-refractivity contribution in [2.24, 2.45) is 0 Å². The van der Waals surface area contributed by atoms with E-state index in [2.05, 4.69) is 25.1 Å². The van der Waals surface area contributed by atoms with E-state index in [4.69, 9.17) is 9.72 Å². The molecule has 9 heteroatoms. The molecule has 0 unspecified atom stereocenters. The number of thiophene rings is 1. The zero-order valence-corrected chi connectivity index (χ0v) is 19.1. The van der Waals surface area contributed by atoms with Crippen LogP contribution in [0, 0.1) is 0 Å². The molecule has 166 valence electrons. The largest absolute Gasteiger partial charge is 0.495 e. The number of nitrogens with zero attached hydrogens (tertiary/aromatic N) is 4. The zero-order valence-electron chi connectivity index (χ0n) is 18.3. The number of Topliss-reactive ketones (excluding diaryl/α,β-unsaturated/α-hetero) is 1. The van der Waals surface area contributed by atoms with Gasteiger partial charge in [-0.3, -0.25) is 19.9 Å². The topological polar surface area (TPSA) is 109 Å². The van der Waals surface area contributed by atoms with Gasteiger partial charge in [-0.25, -0.2) is 4.98 Å². The quantitative estimate of drug-likeness (QED) is 0.325. The molecule has 34 heavy (non-hydrogen) atoms. The number of carbonyl (C=O) groups is 1. The number of hydrogen-bond donors (Lipinski definition) is 2. The van der Waals surface area contributed by atoms with Crippen molar-refractivity contribution in [1.29, 1.82) is 0 Å². The molecule has 0 atom stereocenters. The lowest BCUT2D eigenvalue weighted by molar-refractivity contribution is 0.102. The average Bonchev–Trinajstić information content (AvgIpc) is 3.61. The van der Waals surface area contributed by atoms with Gasteiger partial charge < -0.3 is 9.72 Å². The van der Waals surface area contributed by atoms with E-state index in [9.17, 15) is 4.79 Å². The number of carbonyl (C=O) groups excluding carboxylic acids is 1. The molecule has 0 spiro atoms. The number of para-hydroxylation sites is 1. The molecule has 0 radical (unpaired) electrons. The van der Waals surface area contributed by atoms with Crippen LogP contribution in [0.25, 0.3) is 55.2 Å². The molecular formula is C25H18N6O2S. The van der Waals surface area contributed by atoms with Crippen LogP contribution in [0.15, 0.2) is 61.1 Å². The van der Waals surface area contributed by atoms with Crippen molar-refractivity contribution in [3.63, 3.8) is 0 Å². The van der Waals surface area contributed by atoms with Gasteiger partial charge in [0.25, 0.3) is 0 Å². The van der Waals surface area contributed by atoms with E-state index in [-0.39, 0.29) is 5.78 Å². The molecule has 5 heterocycles. The molecule has 6 rings (SSSR count). The summed E-state index contributed by atoms with van der Waals surface area (Å²) in [6.07, 6.45) is 5.16. The van der Waals surface area contributed by atoms with E-state index < -0.39 is 0 Å². The highest BCUT2D eigenvalue weighted by atomic mass is 32.1. The van der Waals surface area contributed by atoms with Gasteiger partial charge in [-0.2, -0.15) is 5.10 Å². The first-order chi connectivity index (χ1) is 16.6. The molecule has 0 aliphatic rings. The normalized spacial score (nSPS) is 11.4. The maximum atomic E-state index is 11.8. The lowest BCUT2D eigenvalue weighted by atomic mass is 10.1. The van der Waals surface area contributed by atoms with Crippen molar-refractivity contribution < 1.29 is 9.53 Å². The van der Waals surface area contributed by atoms with E-state index in [1.807, 2.05) is 42.5 Å². The first-order valence-electron chi connectivity index (χ1n) is 10.5. The lowest BCUT2D eigenvalue weighted by Gasteiger charge is -2.03. The van der Waals surface area contributed by atoms with Crippen LogP contribution in [0.2, 0.25) is 0 Å². The molecule has 2 N–H and O–H groups in total. The Labute approximate surface area is 197 Å². The molecule has 0 aliphatic heterocycles. The lowest BCUT2D eigenvalue weighted by Crippen LogP contribution is -1.88. The van der Waals surface area contributed by atoms with Crippen LogP contribution in [0.4, 0.5) is 0 Å². The summed E-state index contributed by atoms with van der Waals surface area (Å²) in [5.41, 5.74) is 5.81. The number of imidazole rings is 1. The van der Waals surface area contributed by atoms with Crippen LogP contribution in [0.1, 0.15) is 16.6 Å².